The lowest BCUT2D eigenvalue weighted by atomic mass is 9.70. The number of hydrogen-bond acceptors (Lipinski definition) is 0. The molecule has 2 saturated carbocycles. The summed E-state index contributed by atoms with van der Waals surface area (Å²) in [5.74, 6) is 1.52. The van der Waals surface area contributed by atoms with Gasteiger partial charge >= 0.3 is 0 Å². The maximum Gasteiger partial charge on any atom is 0.139 e. The van der Waals surface area contributed by atoms with Crippen LogP contribution in [0.2, 0.25) is 0 Å². The SMILES string of the molecule is FCC1(F)CCC(C2CCCCC2)CC1. The molecule has 2 aliphatic rings. The second-order valence-electron chi connectivity index (χ2n) is 5.52. The molecule has 0 spiro atoms. The highest BCUT2D eigenvalue weighted by atomic mass is 19.2. The first-order valence-electron chi connectivity index (χ1n) is 6.48. The minimum atomic E-state index is -1.47. The Kier molecular flexibility index (Phi) is 3.63. The van der Waals surface area contributed by atoms with E-state index < -0.39 is 12.3 Å². The van der Waals surface area contributed by atoms with Crippen molar-refractivity contribution in [2.75, 3.05) is 6.67 Å². The van der Waals surface area contributed by atoms with Gasteiger partial charge in [-0.05, 0) is 37.5 Å². The zero-order valence-corrected chi connectivity index (χ0v) is 9.48. The maximum atomic E-state index is 13.7. The third-order valence-corrected chi connectivity index (χ3v) is 4.48. The summed E-state index contributed by atoms with van der Waals surface area (Å²) >= 11 is 0. The molecule has 0 bridgehead atoms. The van der Waals surface area contributed by atoms with E-state index in [2.05, 4.69) is 0 Å². The minimum Gasteiger partial charge on any atom is -0.248 e. The van der Waals surface area contributed by atoms with Crippen molar-refractivity contribution in [2.45, 2.75) is 63.5 Å². The van der Waals surface area contributed by atoms with Gasteiger partial charge in [-0.3, -0.25) is 0 Å². The Morgan fingerprint density at radius 3 is 1.93 bits per heavy atom. The van der Waals surface area contributed by atoms with Crippen molar-refractivity contribution < 1.29 is 8.78 Å². The summed E-state index contributed by atoms with van der Waals surface area (Å²) in [7, 11) is 0. The highest BCUT2D eigenvalue weighted by Gasteiger charge is 2.37. The quantitative estimate of drug-likeness (QED) is 0.640. The Labute approximate surface area is 91.4 Å². The third kappa shape index (κ3) is 2.70. The molecule has 15 heavy (non-hydrogen) atoms. The predicted octanol–water partition coefficient (Wildman–Crippen LogP) is 4.43. The van der Waals surface area contributed by atoms with Crippen LogP contribution in [0, 0.1) is 11.8 Å². The number of hydrogen-bond donors (Lipinski definition) is 0. The third-order valence-electron chi connectivity index (χ3n) is 4.48. The summed E-state index contributed by atoms with van der Waals surface area (Å²) in [6.45, 7) is -0.773. The molecule has 2 fully saturated rings. The van der Waals surface area contributed by atoms with Crippen LogP contribution >= 0.6 is 0 Å². The van der Waals surface area contributed by atoms with Gasteiger partial charge in [-0.15, -0.1) is 0 Å². The smallest absolute Gasteiger partial charge is 0.139 e. The van der Waals surface area contributed by atoms with Crippen LogP contribution in [0.3, 0.4) is 0 Å². The number of halogens is 2. The molecular weight excluding hydrogens is 194 g/mol. The molecule has 2 heteroatoms. The fourth-order valence-corrected chi connectivity index (χ4v) is 3.37. The second-order valence-corrected chi connectivity index (χ2v) is 5.52. The molecule has 0 N–H and O–H groups in total. The van der Waals surface area contributed by atoms with Gasteiger partial charge in [0.05, 0.1) is 0 Å². The van der Waals surface area contributed by atoms with E-state index in [1.165, 1.54) is 32.1 Å². The monoisotopic (exact) mass is 216 g/mol. The van der Waals surface area contributed by atoms with Gasteiger partial charge in [0.1, 0.15) is 12.3 Å². The second kappa shape index (κ2) is 4.80. The molecule has 0 nitrogen and oxygen atoms in total. The van der Waals surface area contributed by atoms with E-state index in [4.69, 9.17) is 0 Å². The van der Waals surface area contributed by atoms with Gasteiger partial charge in [0, 0.05) is 0 Å². The van der Waals surface area contributed by atoms with Crippen molar-refractivity contribution in [3.8, 4) is 0 Å². The fraction of sp³-hybridized carbons (Fsp3) is 1.00. The summed E-state index contributed by atoms with van der Waals surface area (Å²) < 4.78 is 26.1. The lowest BCUT2D eigenvalue weighted by Gasteiger charge is -2.37. The number of alkyl halides is 2. The van der Waals surface area contributed by atoms with Gasteiger partial charge in [0.2, 0.25) is 0 Å². The Balaban J connectivity index is 1.82. The summed E-state index contributed by atoms with van der Waals surface area (Å²) in [5.41, 5.74) is -1.47. The lowest BCUT2D eigenvalue weighted by molar-refractivity contribution is 0.0376. The highest BCUT2D eigenvalue weighted by Crippen LogP contribution is 2.42. The number of rotatable bonds is 2. The van der Waals surface area contributed by atoms with Crippen LogP contribution in [-0.2, 0) is 0 Å². The van der Waals surface area contributed by atoms with Crippen LogP contribution < -0.4 is 0 Å². The van der Waals surface area contributed by atoms with E-state index in [9.17, 15) is 8.78 Å². The van der Waals surface area contributed by atoms with Crippen molar-refractivity contribution in [3.63, 3.8) is 0 Å². The fourth-order valence-electron chi connectivity index (χ4n) is 3.37. The first-order chi connectivity index (χ1) is 7.23. The normalized spacial score (nSPS) is 39.2. The molecule has 2 rings (SSSR count). The Morgan fingerprint density at radius 1 is 0.867 bits per heavy atom. The largest absolute Gasteiger partial charge is 0.248 e. The Hall–Kier alpha value is -0.140. The average Bonchev–Trinajstić information content (AvgIpc) is 2.31. The first-order valence-corrected chi connectivity index (χ1v) is 6.48. The average molecular weight is 216 g/mol. The Morgan fingerprint density at radius 2 is 1.40 bits per heavy atom. The van der Waals surface area contributed by atoms with Crippen molar-refractivity contribution >= 4 is 0 Å². The predicted molar refractivity (Wildman–Crippen MR) is 58.3 cm³/mol. The Bertz CT molecular complexity index is 189. The van der Waals surface area contributed by atoms with Gasteiger partial charge < -0.3 is 0 Å². The zero-order chi connectivity index (χ0) is 10.7. The van der Waals surface area contributed by atoms with Gasteiger partial charge in [-0.2, -0.15) is 0 Å². The van der Waals surface area contributed by atoms with Gasteiger partial charge in [0.15, 0.2) is 0 Å². The molecule has 0 radical (unpaired) electrons. The van der Waals surface area contributed by atoms with Crippen LogP contribution in [0.4, 0.5) is 8.78 Å². The summed E-state index contributed by atoms with van der Waals surface area (Å²) in [6.07, 6.45) is 9.52. The minimum absolute atomic E-state index is 0.463. The molecular formula is C13H22F2. The summed E-state index contributed by atoms with van der Waals surface area (Å²) in [4.78, 5) is 0. The molecule has 0 heterocycles. The van der Waals surface area contributed by atoms with E-state index >= 15 is 0 Å². The van der Waals surface area contributed by atoms with Crippen molar-refractivity contribution in [3.05, 3.63) is 0 Å². The van der Waals surface area contributed by atoms with E-state index in [0.717, 1.165) is 18.8 Å². The lowest BCUT2D eigenvalue weighted by Crippen LogP contribution is -2.34. The molecule has 0 atom stereocenters. The molecule has 0 amide bonds. The van der Waals surface area contributed by atoms with Gasteiger partial charge in [0.25, 0.3) is 0 Å². The van der Waals surface area contributed by atoms with E-state index in [1.54, 1.807) is 0 Å². The van der Waals surface area contributed by atoms with Crippen LogP contribution in [0.1, 0.15) is 57.8 Å². The van der Waals surface area contributed by atoms with Crippen molar-refractivity contribution in [1.82, 2.24) is 0 Å². The van der Waals surface area contributed by atoms with Gasteiger partial charge in [-0.25, -0.2) is 8.78 Å². The molecule has 2 aliphatic carbocycles. The van der Waals surface area contributed by atoms with Gasteiger partial charge in [-0.1, -0.05) is 32.1 Å². The zero-order valence-electron chi connectivity index (χ0n) is 9.48. The van der Waals surface area contributed by atoms with Crippen LogP contribution in [0.15, 0.2) is 0 Å². The maximum absolute atomic E-state index is 13.7. The highest BCUT2D eigenvalue weighted by molar-refractivity contribution is 4.88. The van der Waals surface area contributed by atoms with E-state index in [-0.39, 0.29) is 0 Å². The molecule has 0 aromatic rings. The van der Waals surface area contributed by atoms with Crippen LogP contribution in [-0.4, -0.2) is 12.3 Å². The summed E-state index contributed by atoms with van der Waals surface area (Å²) in [5, 5.41) is 0. The molecule has 0 aliphatic heterocycles. The van der Waals surface area contributed by atoms with E-state index in [0.29, 0.717) is 18.8 Å². The molecule has 88 valence electrons. The molecule has 0 aromatic heterocycles. The molecule has 0 aromatic carbocycles. The summed E-state index contributed by atoms with van der Waals surface area (Å²) in [6, 6.07) is 0. The van der Waals surface area contributed by atoms with Crippen molar-refractivity contribution in [1.29, 1.82) is 0 Å². The first kappa shape index (κ1) is 11.3. The topological polar surface area (TPSA) is 0 Å². The van der Waals surface area contributed by atoms with Crippen LogP contribution in [0.5, 0.6) is 0 Å². The molecule has 0 unspecified atom stereocenters. The molecule has 0 saturated heterocycles. The van der Waals surface area contributed by atoms with E-state index in [1.807, 2.05) is 0 Å². The standard InChI is InChI=1S/C13H22F2/c14-10-13(15)8-6-12(7-9-13)11-4-2-1-3-5-11/h11-12H,1-10H2. The van der Waals surface area contributed by atoms with Crippen molar-refractivity contribution in [2.24, 2.45) is 11.8 Å². The van der Waals surface area contributed by atoms with Crippen LogP contribution in [0.25, 0.3) is 0 Å².